The van der Waals surface area contributed by atoms with Crippen LogP contribution in [0, 0.1) is 0 Å². The Morgan fingerprint density at radius 3 is 2.36 bits per heavy atom. The van der Waals surface area contributed by atoms with Crippen molar-refractivity contribution >= 4 is 17.4 Å². The Bertz CT molecular complexity index is 726. The lowest BCUT2D eigenvalue weighted by Crippen LogP contribution is -2.55. The summed E-state index contributed by atoms with van der Waals surface area (Å²) in [6.07, 6.45) is 0.317. The van der Waals surface area contributed by atoms with Gasteiger partial charge >= 0.3 is 0 Å². The highest BCUT2D eigenvalue weighted by Crippen LogP contribution is 2.41. The van der Waals surface area contributed by atoms with Crippen LogP contribution in [-0.4, -0.2) is 24.5 Å². The Morgan fingerprint density at radius 1 is 1.09 bits per heavy atom. The van der Waals surface area contributed by atoms with E-state index in [0.29, 0.717) is 17.7 Å². The molecule has 0 aromatic heterocycles. The molecule has 1 heterocycles. The first-order valence-electron chi connectivity index (χ1n) is 7.14. The third kappa shape index (κ3) is 2.04. The summed E-state index contributed by atoms with van der Waals surface area (Å²) in [6, 6.07) is 16.7. The van der Waals surface area contributed by atoms with Gasteiger partial charge in [-0.15, -0.1) is 0 Å². The molecule has 0 fully saturated rings. The summed E-state index contributed by atoms with van der Waals surface area (Å²) in [6.45, 7) is 1.45. The van der Waals surface area contributed by atoms with Gasteiger partial charge in [0.25, 0.3) is 0 Å². The van der Waals surface area contributed by atoms with Crippen molar-refractivity contribution in [1.29, 1.82) is 0 Å². The van der Waals surface area contributed by atoms with Crippen molar-refractivity contribution in [2.45, 2.75) is 19.1 Å². The molecule has 0 N–H and O–H groups in total. The average Bonchev–Trinajstić information content (AvgIpc) is 2.78. The number of carbonyl (C=O) groups is 2. The molecule has 1 aliphatic heterocycles. The van der Waals surface area contributed by atoms with Gasteiger partial charge in [0.1, 0.15) is 0 Å². The summed E-state index contributed by atoms with van der Waals surface area (Å²) in [5.74, 6) is -0.388. The Balaban J connectivity index is 2.14. The van der Waals surface area contributed by atoms with E-state index in [1.165, 1.54) is 18.9 Å². The van der Waals surface area contributed by atoms with Gasteiger partial charge in [-0.2, -0.15) is 0 Å². The van der Waals surface area contributed by atoms with Gasteiger partial charge in [-0.05, 0) is 17.7 Å². The van der Waals surface area contributed by atoms with Crippen molar-refractivity contribution < 1.29 is 14.3 Å². The number of rotatable bonds is 3. The normalized spacial score (nSPS) is 20.1. The maximum absolute atomic E-state index is 13.0. The minimum Gasteiger partial charge on any atom is -0.351 e. The lowest BCUT2D eigenvalue weighted by Gasteiger charge is -2.35. The molecular formula is C18H17NO3. The predicted octanol–water partition coefficient (Wildman–Crippen LogP) is 2.82. The smallest absolute Gasteiger partial charge is 0.226 e. The summed E-state index contributed by atoms with van der Waals surface area (Å²) >= 11 is 0. The molecular weight excluding hydrogens is 278 g/mol. The number of nitrogens with zero attached hydrogens (tertiary/aromatic N) is 1. The van der Waals surface area contributed by atoms with Gasteiger partial charge in [0.05, 0.1) is 5.69 Å². The van der Waals surface area contributed by atoms with E-state index in [1.807, 2.05) is 36.4 Å². The number of hydrogen-bond acceptors (Lipinski definition) is 3. The number of anilines is 1. The van der Waals surface area contributed by atoms with E-state index in [0.717, 1.165) is 5.56 Å². The Kier molecular flexibility index (Phi) is 3.54. The number of methoxy groups -OCH3 is 1. The first-order valence-corrected chi connectivity index (χ1v) is 7.14. The summed E-state index contributed by atoms with van der Waals surface area (Å²) in [5, 5.41) is 0. The number of para-hydroxylation sites is 1. The van der Waals surface area contributed by atoms with Crippen LogP contribution in [-0.2, 0) is 16.0 Å². The van der Waals surface area contributed by atoms with Crippen LogP contribution >= 0.6 is 0 Å². The number of ketones is 1. The molecule has 0 radical (unpaired) electrons. The molecule has 4 nitrogen and oxygen atoms in total. The Labute approximate surface area is 129 Å². The van der Waals surface area contributed by atoms with Gasteiger partial charge in [-0.3, -0.25) is 14.5 Å². The van der Waals surface area contributed by atoms with E-state index in [9.17, 15) is 9.59 Å². The van der Waals surface area contributed by atoms with Crippen LogP contribution in [0.3, 0.4) is 0 Å². The van der Waals surface area contributed by atoms with E-state index in [-0.39, 0.29) is 11.7 Å². The number of hydrogen-bond donors (Lipinski definition) is 0. The first kappa shape index (κ1) is 14.5. The van der Waals surface area contributed by atoms with Crippen LogP contribution in [0.5, 0.6) is 0 Å². The van der Waals surface area contributed by atoms with Crippen molar-refractivity contribution in [2.24, 2.45) is 0 Å². The molecule has 1 atom stereocenters. The quantitative estimate of drug-likeness (QED) is 0.874. The average molecular weight is 295 g/mol. The zero-order valence-corrected chi connectivity index (χ0v) is 12.6. The van der Waals surface area contributed by atoms with Crippen molar-refractivity contribution in [2.75, 3.05) is 12.0 Å². The molecule has 1 unspecified atom stereocenters. The zero-order chi connectivity index (χ0) is 15.7. The molecule has 0 aliphatic carbocycles. The van der Waals surface area contributed by atoms with Crippen molar-refractivity contribution in [1.82, 2.24) is 0 Å². The molecule has 2 aromatic rings. The van der Waals surface area contributed by atoms with E-state index in [2.05, 4.69) is 0 Å². The lowest BCUT2D eigenvalue weighted by atomic mass is 9.96. The molecule has 22 heavy (non-hydrogen) atoms. The molecule has 0 saturated carbocycles. The highest BCUT2D eigenvalue weighted by molar-refractivity contribution is 6.19. The van der Waals surface area contributed by atoms with E-state index in [4.69, 9.17) is 4.74 Å². The highest BCUT2D eigenvalue weighted by Gasteiger charge is 2.53. The Morgan fingerprint density at radius 2 is 1.73 bits per heavy atom. The van der Waals surface area contributed by atoms with Gasteiger partial charge in [0.15, 0.2) is 0 Å². The minimum absolute atomic E-state index is 0.176. The fraction of sp³-hybridized carbons (Fsp3) is 0.222. The highest BCUT2D eigenvalue weighted by atomic mass is 16.5. The summed E-state index contributed by atoms with van der Waals surface area (Å²) in [7, 11) is 1.47. The number of amides is 1. The molecule has 0 bridgehead atoms. The number of ether oxygens (including phenoxy) is 1. The molecule has 2 aromatic carbocycles. The molecule has 3 rings (SSSR count). The first-order chi connectivity index (χ1) is 10.6. The third-order valence-electron chi connectivity index (χ3n) is 4.04. The van der Waals surface area contributed by atoms with Gasteiger partial charge in [-0.1, -0.05) is 42.5 Å². The monoisotopic (exact) mass is 295 g/mol. The van der Waals surface area contributed by atoms with Crippen molar-refractivity contribution in [3.8, 4) is 0 Å². The van der Waals surface area contributed by atoms with E-state index < -0.39 is 5.72 Å². The van der Waals surface area contributed by atoms with Crippen LogP contribution in [0.15, 0.2) is 54.6 Å². The maximum Gasteiger partial charge on any atom is 0.226 e. The molecule has 1 amide bonds. The number of carbonyl (C=O) groups excluding carboxylic acids is 2. The van der Waals surface area contributed by atoms with Crippen LogP contribution in [0.1, 0.15) is 22.8 Å². The zero-order valence-electron chi connectivity index (χ0n) is 12.6. The second-order valence-electron chi connectivity index (χ2n) is 5.35. The maximum atomic E-state index is 13.0. The standard InChI is InChI=1S/C18H17NO3/c1-13(20)19-16-11-7-6-10-15(16)17(21)18(19,22-2)12-14-8-4-3-5-9-14/h3-11H,12H2,1-2H3. The summed E-state index contributed by atoms with van der Waals surface area (Å²) in [5.41, 5.74) is 0.765. The van der Waals surface area contributed by atoms with Gasteiger partial charge < -0.3 is 4.74 Å². The summed E-state index contributed by atoms with van der Waals surface area (Å²) < 4.78 is 5.63. The fourth-order valence-electron chi connectivity index (χ4n) is 3.08. The second-order valence-corrected chi connectivity index (χ2v) is 5.35. The van der Waals surface area contributed by atoms with Crippen LogP contribution in [0.4, 0.5) is 5.69 Å². The molecule has 112 valence electrons. The van der Waals surface area contributed by atoms with E-state index >= 15 is 0 Å². The summed E-state index contributed by atoms with van der Waals surface area (Å²) in [4.78, 5) is 26.6. The number of benzene rings is 2. The van der Waals surface area contributed by atoms with E-state index in [1.54, 1.807) is 18.2 Å². The molecule has 1 aliphatic rings. The SMILES string of the molecule is COC1(Cc2ccccc2)C(=O)c2ccccc2N1C(C)=O. The largest absolute Gasteiger partial charge is 0.351 e. The van der Waals surface area contributed by atoms with Gasteiger partial charge in [0, 0.05) is 26.0 Å². The van der Waals surface area contributed by atoms with Gasteiger partial charge in [-0.25, -0.2) is 0 Å². The number of fused-ring (bicyclic) bond motifs is 1. The fourth-order valence-corrected chi connectivity index (χ4v) is 3.08. The van der Waals surface area contributed by atoms with Gasteiger partial charge in [0.2, 0.25) is 17.4 Å². The number of Topliss-reactive ketones (excluding diaryl/α,β-unsaturated/α-hetero) is 1. The predicted molar refractivity (Wildman–Crippen MR) is 83.8 cm³/mol. The topological polar surface area (TPSA) is 46.6 Å². The molecule has 0 spiro atoms. The van der Waals surface area contributed by atoms with Crippen LogP contribution in [0.2, 0.25) is 0 Å². The minimum atomic E-state index is -1.31. The Hall–Kier alpha value is -2.46. The van der Waals surface area contributed by atoms with Crippen molar-refractivity contribution in [3.63, 3.8) is 0 Å². The molecule has 0 saturated heterocycles. The lowest BCUT2D eigenvalue weighted by molar-refractivity contribution is -0.120. The third-order valence-corrected chi connectivity index (χ3v) is 4.04. The van der Waals surface area contributed by atoms with Crippen LogP contribution < -0.4 is 4.90 Å². The van der Waals surface area contributed by atoms with Crippen LogP contribution in [0.25, 0.3) is 0 Å². The molecule has 4 heteroatoms. The van der Waals surface area contributed by atoms with Crippen molar-refractivity contribution in [3.05, 3.63) is 65.7 Å². The second kappa shape index (κ2) is 5.39.